The summed E-state index contributed by atoms with van der Waals surface area (Å²) in [5.74, 6) is 1.50. The molecule has 1 aromatic heterocycles. The molecule has 0 spiro atoms. The maximum absolute atomic E-state index is 12.3. The molecular formula is C21H19N3O2. The minimum Gasteiger partial charge on any atom is -0.490 e. The summed E-state index contributed by atoms with van der Waals surface area (Å²) in [6.45, 7) is 4.12. The van der Waals surface area contributed by atoms with Crippen LogP contribution in [0, 0.1) is 0 Å². The summed E-state index contributed by atoms with van der Waals surface area (Å²) in [6, 6.07) is 17.7. The summed E-state index contributed by atoms with van der Waals surface area (Å²) in [7, 11) is 0. The molecule has 1 atom stereocenters. The number of para-hydroxylation sites is 1. The number of benzene rings is 2. The summed E-state index contributed by atoms with van der Waals surface area (Å²) in [6.07, 6.45) is 3.96. The lowest BCUT2D eigenvalue weighted by molar-refractivity contribution is -0.116. The van der Waals surface area contributed by atoms with E-state index in [9.17, 15) is 4.79 Å². The van der Waals surface area contributed by atoms with Crippen LogP contribution in [0.5, 0.6) is 5.75 Å². The SMILES string of the molecule is C=CCOc1ccc(C2CC(=O)Nc3c2cnn3-c2ccccc2)cc1. The predicted molar refractivity (Wildman–Crippen MR) is 101 cm³/mol. The first-order chi connectivity index (χ1) is 12.8. The van der Waals surface area contributed by atoms with Gasteiger partial charge in [0.15, 0.2) is 0 Å². The van der Waals surface area contributed by atoms with Gasteiger partial charge in [0, 0.05) is 17.9 Å². The quantitative estimate of drug-likeness (QED) is 0.713. The van der Waals surface area contributed by atoms with Crippen LogP contribution in [0.3, 0.4) is 0 Å². The lowest BCUT2D eigenvalue weighted by atomic mass is 9.87. The van der Waals surface area contributed by atoms with Gasteiger partial charge in [0.1, 0.15) is 18.2 Å². The fraction of sp³-hybridized carbons (Fsp3) is 0.143. The van der Waals surface area contributed by atoms with Gasteiger partial charge >= 0.3 is 0 Å². The van der Waals surface area contributed by atoms with Gasteiger partial charge in [-0.2, -0.15) is 5.10 Å². The zero-order chi connectivity index (χ0) is 17.9. The van der Waals surface area contributed by atoms with E-state index in [1.54, 1.807) is 10.8 Å². The Morgan fingerprint density at radius 2 is 1.96 bits per heavy atom. The topological polar surface area (TPSA) is 56.1 Å². The van der Waals surface area contributed by atoms with E-state index in [1.807, 2.05) is 60.8 Å². The van der Waals surface area contributed by atoms with Gasteiger partial charge in [0.25, 0.3) is 0 Å². The Balaban J connectivity index is 1.69. The van der Waals surface area contributed by atoms with Crippen LogP contribution >= 0.6 is 0 Å². The number of anilines is 1. The third kappa shape index (κ3) is 2.99. The third-order valence-corrected chi connectivity index (χ3v) is 4.47. The molecule has 0 saturated carbocycles. The number of nitrogens with zero attached hydrogens (tertiary/aromatic N) is 2. The van der Waals surface area contributed by atoms with Gasteiger partial charge in [-0.3, -0.25) is 4.79 Å². The van der Waals surface area contributed by atoms with E-state index in [0.717, 1.165) is 28.4 Å². The monoisotopic (exact) mass is 345 g/mol. The smallest absolute Gasteiger partial charge is 0.226 e. The van der Waals surface area contributed by atoms with Crippen molar-refractivity contribution in [3.63, 3.8) is 0 Å². The van der Waals surface area contributed by atoms with Crippen LogP contribution in [0.1, 0.15) is 23.5 Å². The third-order valence-electron chi connectivity index (χ3n) is 4.47. The van der Waals surface area contributed by atoms with E-state index in [4.69, 9.17) is 4.74 Å². The van der Waals surface area contributed by atoms with Crippen molar-refractivity contribution in [3.05, 3.63) is 84.6 Å². The Bertz CT molecular complexity index is 930. The zero-order valence-corrected chi connectivity index (χ0v) is 14.3. The summed E-state index contributed by atoms with van der Waals surface area (Å²) >= 11 is 0. The predicted octanol–water partition coefficient (Wildman–Crippen LogP) is 3.91. The van der Waals surface area contributed by atoms with Gasteiger partial charge in [-0.1, -0.05) is 43.0 Å². The molecule has 0 saturated heterocycles. The maximum atomic E-state index is 12.3. The van der Waals surface area contributed by atoms with Crippen molar-refractivity contribution in [1.82, 2.24) is 9.78 Å². The van der Waals surface area contributed by atoms with Crippen LogP contribution in [0.4, 0.5) is 5.82 Å². The number of hydrogen-bond donors (Lipinski definition) is 1. The first-order valence-corrected chi connectivity index (χ1v) is 8.53. The molecule has 1 N–H and O–H groups in total. The van der Waals surface area contributed by atoms with E-state index in [0.29, 0.717) is 13.0 Å². The molecule has 1 aliphatic rings. The molecule has 130 valence electrons. The zero-order valence-electron chi connectivity index (χ0n) is 14.3. The van der Waals surface area contributed by atoms with Crippen LogP contribution < -0.4 is 10.1 Å². The molecule has 26 heavy (non-hydrogen) atoms. The van der Waals surface area contributed by atoms with E-state index < -0.39 is 0 Å². The summed E-state index contributed by atoms with van der Waals surface area (Å²) < 4.78 is 7.31. The Morgan fingerprint density at radius 3 is 2.69 bits per heavy atom. The van der Waals surface area contributed by atoms with Gasteiger partial charge < -0.3 is 10.1 Å². The highest BCUT2D eigenvalue weighted by Crippen LogP contribution is 2.38. The molecule has 5 heteroatoms. The summed E-state index contributed by atoms with van der Waals surface area (Å²) in [5.41, 5.74) is 3.01. The molecule has 0 fully saturated rings. The Labute approximate surface area is 151 Å². The lowest BCUT2D eigenvalue weighted by Gasteiger charge is -2.24. The van der Waals surface area contributed by atoms with Crippen LogP contribution in [-0.4, -0.2) is 22.3 Å². The lowest BCUT2D eigenvalue weighted by Crippen LogP contribution is -2.24. The Hall–Kier alpha value is -3.34. The number of carbonyl (C=O) groups excluding carboxylic acids is 1. The number of nitrogens with one attached hydrogen (secondary N) is 1. The van der Waals surface area contributed by atoms with Crippen molar-refractivity contribution >= 4 is 11.7 Å². The molecule has 0 bridgehead atoms. The molecule has 3 aromatic rings. The Kier molecular flexibility index (Phi) is 4.27. The molecule has 1 aliphatic heterocycles. The second kappa shape index (κ2) is 6.88. The van der Waals surface area contributed by atoms with Crippen molar-refractivity contribution in [2.24, 2.45) is 0 Å². The average molecular weight is 345 g/mol. The van der Waals surface area contributed by atoms with E-state index in [-0.39, 0.29) is 11.8 Å². The fourth-order valence-electron chi connectivity index (χ4n) is 3.23. The van der Waals surface area contributed by atoms with Crippen LogP contribution in [0.25, 0.3) is 5.69 Å². The fourth-order valence-corrected chi connectivity index (χ4v) is 3.23. The number of aromatic nitrogens is 2. The minimum absolute atomic E-state index is 0.00725. The van der Waals surface area contributed by atoms with Crippen molar-refractivity contribution < 1.29 is 9.53 Å². The number of hydrogen-bond acceptors (Lipinski definition) is 3. The maximum Gasteiger partial charge on any atom is 0.226 e. The van der Waals surface area contributed by atoms with Crippen LogP contribution in [0.15, 0.2) is 73.4 Å². The highest BCUT2D eigenvalue weighted by molar-refractivity contribution is 5.94. The molecule has 1 unspecified atom stereocenters. The molecule has 2 heterocycles. The molecule has 4 rings (SSSR count). The Morgan fingerprint density at radius 1 is 1.19 bits per heavy atom. The molecular weight excluding hydrogens is 326 g/mol. The molecule has 0 aliphatic carbocycles. The molecule has 0 radical (unpaired) electrons. The number of fused-ring (bicyclic) bond motifs is 1. The summed E-state index contributed by atoms with van der Waals surface area (Å²) in [5, 5.41) is 7.47. The number of amides is 1. The van der Waals surface area contributed by atoms with E-state index in [2.05, 4.69) is 17.0 Å². The van der Waals surface area contributed by atoms with E-state index in [1.165, 1.54) is 0 Å². The first kappa shape index (κ1) is 16.1. The minimum atomic E-state index is -0.0235. The number of carbonyl (C=O) groups is 1. The molecule has 5 nitrogen and oxygen atoms in total. The van der Waals surface area contributed by atoms with Gasteiger partial charge in [-0.25, -0.2) is 4.68 Å². The highest BCUT2D eigenvalue weighted by Gasteiger charge is 2.30. The highest BCUT2D eigenvalue weighted by atomic mass is 16.5. The van der Waals surface area contributed by atoms with Crippen LogP contribution in [-0.2, 0) is 4.79 Å². The van der Waals surface area contributed by atoms with Crippen molar-refractivity contribution in [3.8, 4) is 11.4 Å². The number of rotatable bonds is 5. The van der Waals surface area contributed by atoms with Crippen molar-refractivity contribution in [2.75, 3.05) is 11.9 Å². The van der Waals surface area contributed by atoms with Crippen LogP contribution in [0.2, 0.25) is 0 Å². The van der Waals surface area contributed by atoms with Gasteiger partial charge in [0.2, 0.25) is 5.91 Å². The average Bonchev–Trinajstić information content (AvgIpc) is 3.10. The second-order valence-electron chi connectivity index (χ2n) is 6.17. The van der Waals surface area contributed by atoms with Gasteiger partial charge in [0.05, 0.1) is 11.9 Å². The standard InChI is InChI=1S/C21H19N3O2/c1-2-12-26-17-10-8-15(9-11-17)18-13-20(25)23-21-19(18)14-22-24(21)16-6-4-3-5-7-16/h2-11,14,18H,1,12-13H2,(H,23,25). The largest absolute Gasteiger partial charge is 0.490 e. The van der Waals surface area contributed by atoms with Crippen molar-refractivity contribution in [2.45, 2.75) is 12.3 Å². The number of ether oxygens (including phenoxy) is 1. The normalized spacial score (nSPS) is 15.8. The van der Waals surface area contributed by atoms with Crippen molar-refractivity contribution in [1.29, 1.82) is 0 Å². The van der Waals surface area contributed by atoms with Gasteiger partial charge in [-0.05, 0) is 29.8 Å². The van der Waals surface area contributed by atoms with Gasteiger partial charge in [-0.15, -0.1) is 0 Å². The first-order valence-electron chi connectivity index (χ1n) is 8.53. The molecule has 1 amide bonds. The molecule has 2 aromatic carbocycles. The van der Waals surface area contributed by atoms with E-state index >= 15 is 0 Å². The summed E-state index contributed by atoms with van der Waals surface area (Å²) in [4.78, 5) is 12.3. The second-order valence-corrected chi connectivity index (χ2v) is 6.17.